The zero-order valence-corrected chi connectivity index (χ0v) is 8.53. The van der Waals surface area contributed by atoms with Gasteiger partial charge in [0.1, 0.15) is 0 Å². The molecular formula is Cl3FeZn. The summed E-state index contributed by atoms with van der Waals surface area (Å²) in [6.45, 7) is 0. The van der Waals surface area contributed by atoms with Crippen LogP contribution in [0.25, 0.3) is 0 Å². The molecule has 5 heteroatoms. The van der Waals surface area contributed by atoms with Crippen LogP contribution in [0.5, 0.6) is 0 Å². The first-order valence-electron chi connectivity index (χ1n) is 0.401. The second-order valence-electron chi connectivity index (χ2n) is 0.152. The van der Waals surface area contributed by atoms with Crippen molar-refractivity contribution < 1.29 is 30.6 Å². The molecule has 0 unspecified atom stereocenters. The van der Waals surface area contributed by atoms with E-state index in [-0.39, 0.29) is 19.5 Å². The normalized spacial score (nSPS) is 9.00. The van der Waals surface area contributed by atoms with Crippen molar-refractivity contribution in [3.05, 3.63) is 0 Å². The molecular weight excluding hydrogens is 228 g/mol. The van der Waals surface area contributed by atoms with E-state index in [9.17, 15) is 0 Å². The van der Waals surface area contributed by atoms with Crippen LogP contribution in [-0.2, 0) is 30.6 Å². The molecule has 0 heterocycles. The molecule has 0 aromatic heterocycles. The summed E-state index contributed by atoms with van der Waals surface area (Å²) in [6, 6.07) is 0. The first-order valence-corrected chi connectivity index (χ1v) is 4.96. The summed E-state index contributed by atoms with van der Waals surface area (Å²) in [5.41, 5.74) is 0. The van der Waals surface area contributed by atoms with Crippen LogP contribution in [-0.4, -0.2) is 0 Å². The van der Waals surface area contributed by atoms with Gasteiger partial charge in [0, 0.05) is 19.5 Å². The Morgan fingerprint density at radius 3 is 1.00 bits per heavy atom. The number of halogens is 3. The molecule has 31 valence electrons. The van der Waals surface area contributed by atoms with E-state index in [4.69, 9.17) is 30.3 Å². The van der Waals surface area contributed by atoms with Gasteiger partial charge in [0.05, 0.1) is 0 Å². The fourth-order valence-electron chi connectivity index (χ4n) is 0. The van der Waals surface area contributed by atoms with E-state index in [0.717, 1.165) is 0 Å². The molecule has 0 aromatic rings. The fourth-order valence-corrected chi connectivity index (χ4v) is 0. The summed E-state index contributed by atoms with van der Waals surface area (Å²) in [7, 11) is 14.7. The Morgan fingerprint density at radius 1 is 1.00 bits per heavy atom. The first-order chi connectivity index (χ1) is 1.73. The predicted molar refractivity (Wildman–Crippen MR) is 17.6 cm³/mol. The van der Waals surface area contributed by atoms with E-state index in [1.165, 1.54) is 0 Å². The van der Waals surface area contributed by atoms with Gasteiger partial charge in [-0.15, -0.1) is 0 Å². The summed E-state index contributed by atoms with van der Waals surface area (Å²) in [6.07, 6.45) is 0. The Bertz CT molecular complexity index is 11.6. The smallest absolute Gasteiger partial charge is 0 e. The molecule has 0 N–H and O–H groups in total. The monoisotopic (exact) mass is 225 g/mol. The second kappa shape index (κ2) is 6.01. The molecule has 0 radical (unpaired) electrons. The zero-order chi connectivity index (χ0) is 3.58. The minimum Gasteiger partial charge on any atom is 0 e. The largest absolute Gasteiger partial charge is 0 e. The molecule has 0 amide bonds. The van der Waals surface area contributed by atoms with Crippen molar-refractivity contribution >= 4 is 30.3 Å². The van der Waals surface area contributed by atoms with Crippen molar-refractivity contribution in [3.63, 3.8) is 0 Å². The molecule has 0 aliphatic carbocycles. The SMILES string of the molecule is [Cl][Fe]([Cl])[Cl].[Zn]. The number of hydrogen-bond donors (Lipinski definition) is 0. The van der Waals surface area contributed by atoms with E-state index in [1.54, 1.807) is 0 Å². The van der Waals surface area contributed by atoms with Gasteiger partial charge in [-0.1, -0.05) is 0 Å². The van der Waals surface area contributed by atoms with Gasteiger partial charge in [0.2, 0.25) is 0 Å². The van der Waals surface area contributed by atoms with Crippen LogP contribution in [0.1, 0.15) is 0 Å². The first kappa shape index (κ1) is 10.1. The van der Waals surface area contributed by atoms with E-state index in [0.29, 0.717) is 0 Å². The standard InChI is InChI=1S/3ClH.Fe.Zn/h3*1H;;/q;;;+3;/p-3. The fraction of sp³-hybridized carbons (Fsp3) is 0. The Morgan fingerprint density at radius 2 is 1.00 bits per heavy atom. The van der Waals surface area contributed by atoms with Crippen molar-refractivity contribution in [3.8, 4) is 0 Å². The Kier molecular flexibility index (Phi) is 12.1. The van der Waals surface area contributed by atoms with Gasteiger partial charge in [-0.05, 0) is 0 Å². The number of rotatable bonds is 0. The van der Waals surface area contributed by atoms with Gasteiger partial charge in [0.15, 0.2) is 0 Å². The topological polar surface area (TPSA) is 0 Å². The average Bonchev–Trinajstić information content (AvgIpc) is 0.811. The van der Waals surface area contributed by atoms with Crippen molar-refractivity contribution in [2.75, 3.05) is 0 Å². The van der Waals surface area contributed by atoms with Gasteiger partial charge in [-0.2, -0.15) is 0 Å². The zero-order valence-electron chi connectivity index (χ0n) is 2.19. The summed E-state index contributed by atoms with van der Waals surface area (Å²) in [5.74, 6) is 0. The van der Waals surface area contributed by atoms with Crippen LogP contribution < -0.4 is 0 Å². The molecule has 0 saturated heterocycles. The second-order valence-corrected chi connectivity index (χ2v) is 5.62. The molecule has 0 aliphatic heterocycles. The van der Waals surface area contributed by atoms with Crippen LogP contribution in [0.15, 0.2) is 0 Å². The quantitative estimate of drug-likeness (QED) is 0.556. The summed E-state index contributed by atoms with van der Waals surface area (Å²) in [5, 5.41) is 0. The van der Waals surface area contributed by atoms with Crippen molar-refractivity contribution in [1.29, 1.82) is 0 Å². The van der Waals surface area contributed by atoms with Crippen molar-refractivity contribution in [2.24, 2.45) is 0 Å². The van der Waals surface area contributed by atoms with Gasteiger partial charge in [-0.25, -0.2) is 0 Å². The van der Waals surface area contributed by atoms with Crippen LogP contribution >= 0.6 is 30.3 Å². The van der Waals surface area contributed by atoms with Gasteiger partial charge < -0.3 is 0 Å². The molecule has 0 aromatic carbocycles. The number of hydrogen-bond acceptors (Lipinski definition) is 0. The Balaban J connectivity index is 0. The van der Waals surface area contributed by atoms with Crippen LogP contribution in [0.3, 0.4) is 0 Å². The maximum Gasteiger partial charge on any atom is 0 e. The average molecular weight is 228 g/mol. The summed E-state index contributed by atoms with van der Waals surface area (Å²) >= 11 is -1.33. The van der Waals surface area contributed by atoms with Gasteiger partial charge in [-0.3, -0.25) is 0 Å². The Hall–Kier alpha value is 2.01. The third-order valence-electron chi connectivity index (χ3n) is 0. The molecule has 0 saturated carbocycles. The Labute approximate surface area is 60.5 Å². The summed E-state index contributed by atoms with van der Waals surface area (Å²) in [4.78, 5) is 0. The molecule has 0 fully saturated rings. The molecule has 0 aliphatic rings. The molecule has 0 nitrogen and oxygen atoms in total. The van der Waals surface area contributed by atoms with Gasteiger partial charge >= 0.3 is 41.5 Å². The van der Waals surface area contributed by atoms with Gasteiger partial charge in [0.25, 0.3) is 0 Å². The van der Waals surface area contributed by atoms with Crippen LogP contribution in [0.4, 0.5) is 0 Å². The van der Waals surface area contributed by atoms with E-state index in [2.05, 4.69) is 0 Å². The van der Waals surface area contributed by atoms with Crippen molar-refractivity contribution in [2.45, 2.75) is 0 Å². The predicted octanol–water partition coefficient (Wildman–Crippen LogP) is 2.06. The van der Waals surface area contributed by atoms with Crippen LogP contribution in [0, 0.1) is 0 Å². The molecule has 5 heavy (non-hydrogen) atoms. The maximum atomic E-state index is 4.89. The van der Waals surface area contributed by atoms with E-state index >= 15 is 0 Å². The maximum absolute atomic E-state index is 4.89. The third kappa shape index (κ3) is 23.9. The molecule has 0 spiro atoms. The van der Waals surface area contributed by atoms with Crippen molar-refractivity contribution in [1.82, 2.24) is 0 Å². The summed E-state index contributed by atoms with van der Waals surface area (Å²) < 4.78 is 0. The third-order valence-corrected chi connectivity index (χ3v) is 0. The minimum absolute atomic E-state index is 0. The minimum atomic E-state index is -1.33. The molecule has 0 atom stereocenters. The van der Waals surface area contributed by atoms with E-state index in [1.807, 2.05) is 0 Å². The molecule has 0 bridgehead atoms. The molecule has 0 rings (SSSR count). The van der Waals surface area contributed by atoms with Crippen LogP contribution in [0.2, 0.25) is 0 Å². The van der Waals surface area contributed by atoms with E-state index < -0.39 is 11.2 Å².